The summed E-state index contributed by atoms with van der Waals surface area (Å²) in [5, 5.41) is 5.58. The van der Waals surface area contributed by atoms with E-state index in [2.05, 4.69) is 10.3 Å². The monoisotopic (exact) mass is 363 g/mol. The molecule has 5 nitrogen and oxygen atoms in total. The van der Waals surface area contributed by atoms with Gasteiger partial charge in [-0.25, -0.2) is 4.98 Å². The topological polar surface area (TPSA) is 56.1 Å². The molecule has 6 heteroatoms. The second-order valence-corrected chi connectivity index (χ2v) is 7.49. The number of fused-ring (bicyclic) bond motifs is 3. The molecule has 0 saturated heterocycles. The smallest absolute Gasteiger partial charge is 0.273 e. The second-order valence-electron chi connectivity index (χ2n) is 6.49. The lowest BCUT2D eigenvalue weighted by molar-refractivity contribution is 0.414. The van der Waals surface area contributed by atoms with Crippen LogP contribution >= 0.6 is 11.3 Å². The first-order chi connectivity index (χ1) is 12.7. The number of methoxy groups -OCH3 is 1. The number of hydrogen-bond donors (Lipinski definition) is 1. The van der Waals surface area contributed by atoms with Crippen LogP contribution in [0.15, 0.2) is 53.6 Å². The maximum Gasteiger partial charge on any atom is 0.273 e. The lowest BCUT2D eigenvalue weighted by Crippen LogP contribution is -2.16. The Kier molecular flexibility index (Phi) is 3.46. The van der Waals surface area contributed by atoms with Gasteiger partial charge >= 0.3 is 0 Å². The van der Waals surface area contributed by atoms with E-state index in [0.717, 1.165) is 37.4 Å². The van der Waals surface area contributed by atoms with Crippen LogP contribution in [-0.2, 0) is 0 Å². The maximum atomic E-state index is 13.1. The van der Waals surface area contributed by atoms with Gasteiger partial charge in [0.15, 0.2) is 0 Å². The van der Waals surface area contributed by atoms with E-state index < -0.39 is 0 Å². The van der Waals surface area contributed by atoms with Gasteiger partial charge in [0.25, 0.3) is 5.56 Å². The molecule has 3 heterocycles. The number of nitrogens with one attached hydrogen (secondary N) is 1. The summed E-state index contributed by atoms with van der Waals surface area (Å²) < 4.78 is 7.60. The highest BCUT2D eigenvalue weighted by atomic mass is 32.1. The Bertz CT molecular complexity index is 1170. The predicted molar refractivity (Wildman–Crippen MR) is 106 cm³/mol. The number of hydrogen-bond acceptors (Lipinski definition) is 5. The Morgan fingerprint density at radius 1 is 1.19 bits per heavy atom. The molecule has 1 saturated carbocycles. The van der Waals surface area contributed by atoms with E-state index in [1.807, 2.05) is 48.8 Å². The van der Waals surface area contributed by atoms with Gasteiger partial charge in [-0.3, -0.25) is 9.36 Å². The highest BCUT2D eigenvalue weighted by Gasteiger charge is 2.23. The first-order valence-corrected chi connectivity index (χ1v) is 9.40. The molecule has 1 fully saturated rings. The van der Waals surface area contributed by atoms with Crippen LogP contribution in [0.3, 0.4) is 0 Å². The number of benzene rings is 1. The Hall–Kier alpha value is -2.86. The molecule has 0 bridgehead atoms. The minimum absolute atomic E-state index is 0.0203. The fourth-order valence-electron chi connectivity index (χ4n) is 3.20. The summed E-state index contributed by atoms with van der Waals surface area (Å²) in [5.74, 6) is 0.768. The first-order valence-electron chi connectivity index (χ1n) is 8.58. The summed E-state index contributed by atoms with van der Waals surface area (Å²) >= 11 is 1.46. The molecule has 0 radical (unpaired) electrons. The number of aromatic nitrogens is 2. The fourth-order valence-corrected chi connectivity index (χ4v) is 4.30. The van der Waals surface area contributed by atoms with Crippen LogP contribution in [0.2, 0.25) is 0 Å². The van der Waals surface area contributed by atoms with Gasteiger partial charge in [-0.1, -0.05) is 0 Å². The zero-order valence-electron chi connectivity index (χ0n) is 14.2. The Labute approximate surface area is 153 Å². The van der Waals surface area contributed by atoms with E-state index in [0.29, 0.717) is 6.04 Å². The van der Waals surface area contributed by atoms with Gasteiger partial charge in [-0.05, 0) is 49.2 Å². The Morgan fingerprint density at radius 2 is 2.00 bits per heavy atom. The third-order valence-electron chi connectivity index (χ3n) is 4.72. The Balaban J connectivity index is 1.70. The SMILES string of the molecule is COc1ccc(-n2ccc3c(sc4nccc(NC5CC5)c43)c2=O)cc1. The van der Waals surface area contributed by atoms with Crippen molar-refractivity contribution < 1.29 is 4.74 Å². The number of ether oxygens (including phenoxy) is 1. The van der Waals surface area contributed by atoms with E-state index in [1.165, 1.54) is 24.2 Å². The minimum Gasteiger partial charge on any atom is -0.497 e. The number of thiophene rings is 1. The lowest BCUT2D eigenvalue weighted by Gasteiger charge is -2.08. The van der Waals surface area contributed by atoms with Crippen molar-refractivity contribution in [2.24, 2.45) is 0 Å². The van der Waals surface area contributed by atoms with Crippen LogP contribution in [0, 0.1) is 0 Å². The van der Waals surface area contributed by atoms with Gasteiger partial charge in [0, 0.05) is 40.6 Å². The van der Waals surface area contributed by atoms with Gasteiger partial charge in [-0.15, -0.1) is 11.3 Å². The maximum absolute atomic E-state index is 13.1. The standard InChI is InChI=1S/C20H17N3O2S/c1-25-14-6-4-13(5-7-14)23-11-9-15-17-16(22-12-2-3-12)8-10-21-19(17)26-18(15)20(23)24/h4-12H,2-3H2,1H3,(H,21,22). The first kappa shape index (κ1) is 15.4. The van der Waals surface area contributed by atoms with Crippen molar-refractivity contribution in [1.29, 1.82) is 0 Å². The van der Waals surface area contributed by atoms with E-state index in [9.17, 15) is 4.79 Å². The van der Waals surface area contributed by atoms with Crippen molar-refractivity contribution in [3.8, 4) is 11.4 Å². The van der Waals surface area contributed by atoms with E-state index in [-0.39, 0.29) is 5.56 Å². The van der Waals surface area contributed by atoms with E-state index in [4.69, 9.17) is 4.74 Å². The summed E-state index contributed by atoms with van der Waals surface area (Å²) in [5.41, 5.74) is 1.87. The molecule has 0 unspecified atom stereocenters. The molecule has 1 aromatic carbocycles. The quantitative estimate of drug-likeness (QED) is 0.591. The summed E-state index contributed by atoms with van der Waals surface area (Å²) in [6.07, 6.45) is 6.06. The number of pyridine rings is 2. The van der Waals surface area contributed by atoms with Crippen LogP contribution in [0.25, 0.3) is 26.0 Å². The molecular formula is C20H17N3O2S. The van der Waals surface area contributed by atoms with Crippen molar-refractivity contribution in [2.45, 2.75) is 18.9 Å². The van der Waals surface area contributed by atoms with Gasteiger partial charge < -0.3 is 10.1 Å². The summed E-state index contributed by atoms with van der Waals surface area (Å²) in [6.45, 7) is 0. The Morgan fingerprint density at radius 3 is 2.73 bits per heavy atom. The number of rotatable bonds is 4. The zero-order chi connectivity index (χ0) is 17.7. The van der Waals surface area contributed by atoms with Crippen molar-refractivity contribution in [1.82, 2.24) is 9.55 Å². The molecule has 5 rings (SSSR count). The number of nitrogens with zero attached hydrogens (tertiary/aromatic N) is 2. The number of anilines is 1. The molecular weight excluding hydrogens is 346 g/mol. The molecule has 0 spiro atoms. The van der Waals surface area contributed by atoms with Gasteiger partial charge in [0.05, 0.1) is 7.11 Å². The zero-order valence-corrected chi connectivity index (χ0v) is 15.0. The molecule has 26 heavy (non-hydrogen) atoms. The van der Waals surface area contributed by atoms with Crippen LogP contribution in [0.1, 0.15) is 12.8 Å². The third kappa shape index (κ3) is 2.45. The van der Waals surface area contributed by atoms with Crippen LogP contribution < -0.4 is 15.6 Å². The highest BCUT2D eigenvalue weighted by Crippen LogP contribution is 2.37. The molecule has 130 valence electrons. The van der Waals surface area contributed by atoms with E-state index >= 15 is 0 Å². The van der Waals surface area contributed by atoms with E-state index in [1.54, 1.807) is 11.7 Å². The molecule has 0 aliphatic heterocycles. The third-order valence-corrected chi connectivity index (χ3v) is 5.82. The average Bonchev–Trinajstić information content (AvgIpc) is 3.40. The van der Waals surface area contributed by atoms with Gasteiger partial charge in [-0.2, -0.15) is 0 Å². The van der Waals surface area contributed by atoms with Crippen molar-refractivity contribution >= 4 is 37.3 Å². The molecule has 1 aliphatic rings. The molecule has 1 aliphatic carbocycles. The van der Waals surface area contributed by atoms with Crippen molar-refractivity contribution in [3.63, 3.8) is 0 Å². The van der Waals surface area contributed by atoms with Crippen molar-refractivity contribution in [3.05, 3.63) is 59.1 Å². The highest BCUT2D eigenvalue weighted by molar-refractivity contribution is 7.25. The molecule has 3 aromatic heterocycles. The van der Waals surface area contributed by atoms with Crippen molar-refractivity contribution in [2.75, 3.05) is 12.4 Å². The average molecular weight is 363 g/mol. The lowest BCUT2D eigenvalue weighted by atomic mass is 10.2. The fraction of sp³-hybridized carbons (Fsp3) is 0.200. The van der Waals surface area contributed by atoms with Gasteiger partial charge in [0.1, 0.15) is 15.3 Å². The van der Waals surface area contributed by atoms with Crippen LogP contribution in [0.5, 0.6) is 5.75 Å². The van der Waals surface area contributed by atoms with Gasteiger partial charge in [0.2, 0.25) is 0 Å². The molecule has 4 aromatic rings. The molecule has 0 atom stereocenters. The summed E-state index contributed by atoms with van der Waals surface area (Å²) in [4.78, 5) is 18.5. The predicted octanol–water partition coefficient (Wildman–Crippen LogP) is 4.18. The second kappa shape index (κ2) is 5.85. The van der Waals surface area contributed by atoms with Crippen LogP contribution in [0.4, 0.5) is 5.69 Å². The normalized spacial score (nSPS) is 14.0. The molecule has 1 N–H and O–H groups in total. The summed E-state index contributed by atoms with van der Waals surface area (Å²) in [6, 6.07) is 12.1. The van der Waals surface area contributed by atoms with Crippen LogP contribution in [-0.4, -0.2) is 22.7 Å². The largest absolute Gasteiger partial charge is 0.497 e. The minimum atomic E-state index is -0.0203. The summed E-state index contributed by atoms with van der Waals surface area (Å²) in [7, 11) is 1.63. The molecule has 0 amide bonds.